The van der Waals surface area contributed by atoms with Crippen LogP contribution in [-0.2, 0) is 4.79 Å². The van der Waals surface area contributed by atoms with Crippen molar-refractivity contribution in [2.45, 2.75) is 12.2 Å². The minimum absolute atomic E-state index is 0.330. The van der Waals surface area contributed by atoms with Gasteiger partial charge < -0.3 is 5.73 Å². The summed E-state index contributed by atoms with van der Waals surface area (Å²) in [4.78, 5) is 20.3. The average molecular weight is 158 g/mol. The van der Waals surface area contributed by atoms with Crippen molar-refractivity contribution in [2.75, 3.05) is 0 Å². The molecule has 1 aliphatic rings. The highest BCUT2D eigenvalue weighted by molar-refractivity contribution is 5.88. The number of hydrogen-bond acceptors (Lipinski definition) is 3. The fourth-order valence-electron chi connectivity index (χ4n) is 0.854. The number of hydrogen-bond donors (Lipinski definition) is 2. The molecule has 1 heterocycles. The summed E-state index contributed by atoms with van der Waals surface area (Å²) in [6, 6.07) is -0.896. The lowest BCUT2D eigenvalue weighted by molar-refractivity contribution is -0.575. The third kappa shape index (κ3) is 1.53. The van der Waals surface area contributed by atoms with Crippen LogP contribution >= 0.6 is 0 Å². The Kier molecular flexibility index (Phi) is 1.86. The Morgan fingerprint density at radius 2 is 2.36 bits per heavy atom. The summed E-state index contributed by atoms with van der Waals surface area (Å²) in [7, 11) is 0. The van der Waals surface area contributed by atoms with E-state index in [1.165, 1.54) is 6.08 Å². The lowest BCUT2D eigenvalue weighted by Crippen LogP contribution is -2.75. The van der Waals surface area contributed by atoms with Gasteiger partial charge in [-0.2, -0.15) is 0 Å². The summed E-state index contributed by atoms with van der Waals surface area (Å²) in [5.74, 6) is -0.330. The van der Waals surface area contributed by atoms with Gasteiger partial charge in [-0.25, -0.2) is 0 Å². The molecule has 0 fully saturated rings. The Hall–Kier alpha value is -1.43. The highest BCUT2D eigenvalue weighted by Crippen LogP contribution is 1.99. The SMILES string of the molecule is [NH3+][C@@H]1NC(=O)C=C[C@H]1[N+](=O)[O-]. The lowest BCUT2D eigenvalue weighted by atomic mass is 10.1. The Labute approximate surface area is 62.2 Å². The number of carbonyl (C=O) groups excluding carboxylic acids is 1. The maximum Gasteiger partial charge on any atom is 0.301 e. The van der Waals surface area contributed by atoms with Crippen molar-refractivity contribution in [3.63, 3.8) is 0 Å². The number of quaternary nitrogens is 1. The highest BCUT2D eigenvalue weighted by Gasteiger charge is 2.33. The molecule has 0 aliphatic carbocycles. The molecule has 0 aromatic carbocycles. The smallest absolute Gasteiger partial charge is 0.301 e. The molecule has 11 heavy (non-hydrogen) atoms. The molecule has 60 valence electrons. The second kappa shape index (κ2) is 2.67. The zero-order valence-electron chi connectivity index (χ0n) is 5.69. The number of amides is 1. The predicted octanol–water partition coefficient (Wildman–Crippen LogP) is -2.11. The zero-order valence-corrected chi connectivity index (χ0v) is 5.69. The van der Waals surface area contributed by atoms with Crippen molar-refractivity contribution < 1.29 is 15.5 Å². The Bertz CT molecular complexity index is 225. The first-order valence-electron chi connectivity index (χ1n) is 3.06. The molecule has 1 amide bonds. The van der Waals surface area contributed by atoms with Crippen molar-refractivity contribution in [2.24, 2.45) is 0 Å². The molecule has 0 saturated carbocycles. The molecular weight excluding hydrogens is 150 g/mol. The molecule has 0 unspecified atom stereocenters. The van der Waals surface area contributed by atoms with Crippen molar-refractivity contribution in [3.8, 4) is 0 Å². The van der Waals surface area contributed by atoms with E-state index in [9.17, 15) is 14.9 Å². The van der Waals surface area contributed by atoms with E-state index in [4.69, 9.17) is 0 Å². The Morgan fingerprint density at radius 1 is 1.73 bits per heavy atom. The number of nitrogens with one attached hydrogen (secondary N) is 1. The minimum Gasteiger partial charge on any atom is -0.332 e. The van der Waals surface area contributed by atoms with E-state index >= 15 is 0 Å². The molecule has 1 aliphatic heterocycles. The van der Waals surface area contributed by atoms with Gasteiger partial charge in [-0.05, 0) is 0 Å². The summed E-state index contributed by atoms with van der Waals surface area (Å²) in [6.07, 6.45) is 1.73. The number of rotatable bonds is 1. The van der Waals surface area contributed by atoms with Crippen LogP contribution < -0.4 is 11.1 Å². The monoisotopic (exact) mass is 158 g/mol. The molecule has 6 nitrogen and oxygen atoms in total. The van der Waals surface area contributed by atoms with Gasteiger partial charge in [0.05, 0.1) is 0 Å². The summed E-state index contributed by atoms with van der Waals surface area (Å²) >= 11 is 0. The highest BCUT2D eigenvalue weighted by atomic mass is 16.6. The van der Waals surface area contributed by atoms with Crippen LogP contribution in [0, 0.1) is 10.1 Å². The third-order valence-corrected chi connectivity index (χ3v) is 1.43. The van der Waals surface area contributed by atoms with Gasteiger partial charge in [-0.15, -0.1) is 0 Å². The van der Waals surface area contributed by atoms with Crippen LogP contribution in [0.3, 0.4) is 0 Å². The van der Waals surface area contributed by atoms with E-state index in [0.717, 1.165) is 6.08 Å². The first-order valence-corrected chi connectivity index (χ1v) is 3.06. The Balaban J connectivity index is 2.76. The van der Waals surface area contributed by atoms with Crippen molar-refractivity contribution in [1.82, 2.24) is 5.32 Å². The second-order valence-corrected chi connectivity index (χ2v) is 2.25. The van der Waals surface area contributed by atoms with Gasteiger partial charge in [0, 0.05) is 17.1 Å². The van der Waals surface area contributed by atoms with E-state index in [1.54, 1.807) is 0 Å². The second-order valence-electron chi connectivity index (χ2n) is 2.25. The molecule has 0 bridgehead atoms. The topological polar surface area (TPSA) is 99.9 Å². The van der Waals surface area contributed by atoms with Crippen LogP contribution in [0.2, 0.25) is 0 Å². The largest absolute Gasteiger partial charge is 0.332 e. The van der Waals surface area contributed by atoms with Crippen LogP contribution in [0.4, 0.5) is 0 Å². The van der Waals surface area contributed by atoms with Gasteiger partial charge in [0.15, 0.2) is 0 Å². The molecular formula is C5H8N3O3+. The molecule has 1 rings (SSSR count). The van der Waals surface area contributed by atoms with E-state index in [1.807, 2.05) is 0 Å². The van der Waals surface area contributed by atoms with Crippen LogP contribution in [-0.4, -0.2) is 23.0 Å². The fourth-order valence-corrected chi connectivity index (χ4v) is 0.854. The predicted molar refractivity (Wildman–Crippen MR) is 34.7 cm³/mol. The summed E-state index contributed by atoms with van der Waals surface area (Å²) in [5, 5.41) is 12.6. The van der Waals surface area contributed by atoms with Crippen molar-refractivity contribution >= 4 is 5.91 Å². The average Bonchev–Trinajstić information content (AvgIpc) is 1.85. The maximum atomic E-state index is 10.6. The number of nitro groups is 1. The van der Waals surface area contributed by atoms with E-state index in [0.29, 0.717) is 0 Å². The quantitative estimate of drug-likeness (QED) is 0.337. The van der Waals surface area contributed by atoms with Gasteiger partial charge in [0.25, 0.3) is 0 Å². The molecule has 0 radical (unpaired) electrons. The fraction of sp³-hybridized carbons (Fsp3) is 0.400. The van der Waals surface area contributed by atoms with Crippen molar-refractivity contribution in [3.05, 3.63) is 22.3 Å². The molecule has 6 heteroatoms. The van der Waals surface area contributed by atoms with Gasteiger partial charge in [0.2, 0.25) is 12.1 Å². The van der Waals surface area contributed by atoms with E-state index in [2.05, 4.69) is 11.1 Å². The van der Waals surface area contributed by atoms with Gasteiger partial charge in [0.1, 0.15) is 0 Å². The minimum atomic E-state index is -0.896. The summed E-state index contributed by atoms with van der Waals surface area (Å²) in [6.45, 7) is 0. The van der Waals surface area contributed by atoms with Crippen LogP contribution in [0.15, 0.2) is 12.2 Å². The molecule has 0 aromatic rings. The molecule has 4 N–H and O–H groups in total. The van der Waals surface area contributed by atoms with E-state index < -0.39 is 17.1 Å². The lowest BCUT2D eigenvalue weighted by Gasteiger charge is -2.14. The molecule has 2 atom stereocenters. The van der Waals surface area contributed by atoms with Crippen LogP contribution in [0.1, 0.15) is 0 Å². The summed E-state index contributed by atoms with van der Waals surface area (Å²) in [5.41, 5.74) is 3.43. The van der Waals surface area contributed by atoms with Gasteiger partial charge in [-0.1, -0.05) is 0 Å². The molecule has 0 spiro atoms. The number of carbonyl (C=O) groups is 1. The van der Waals surface area contributed by atoms with Crippen molar-refractivity contribution in [1.29, 1.82) is 0 Å². The number of nitrogens with zero attached hydrogens (tertiary/aromatic N) is 1. The third-order valence-electron chi connectivity index (χ3n) is 1.43. The first kappa shape index (κ1) is 7.67. The normalized spacial score (nSPS) is 29.7. The van der Waals surface area contributed by atoms with Gasteiger partial charge in [-0.3, -0.25) is 20.2 Å². The van der Waals surface area contributed by atoms with E-state index in [-0.39, 0.29) is 5.91 Å². The standard InChI is InChI=1S/C5H7N3O3/c6-5-3(8(10)11)1-2-4(9)7-5/h1-3,5H,6H2,(H,7,9)/p+1/t3-,5-/m1/s1. The maximum absolute atomic E-state index is 10.6. The van der Waals surface area contributed by atoms with Crippen LogP contribution in [0.5, 0.6) is 0 Å². The first-order chi connectivity index (χ1) is 5.11. The van der Waals surface area contributed by atoms with Crippen LogP contribution in [0.25, 0.3) is 0 Å². The molecule has 0 aromatic heterocycles. The summed E-state index contributed by atoms with van der Waals surface area (Å²) < 4.78 is 0. The van der Waals surface area contributed by atoms with Gasteiger partial charge >= 0.3 is 6.04 Å². The molecule has 0 saturated heterocycles. The zero-order chi connectivity index (χ0) is 8.43. The Morgan fingerprint density at radius 3 is 2.82 bits per heavy atom.